The third-order valence-electron chi connectivity index (χ3n) is 2.62. The zero-order valence-electron chi connectivity index (χ0n) is 11.7. The summed E-state index contributed by atoms with van der Waals surface area (Å²) in [7, 11) is -1.76. The van der Waals surface area contributed by atoms with Crippen LogP contribution in [0.2, 0.25) is 0 Å². The largest absolute Gasteiger partial charge is 0.398 e. The molecule has 0 saturated heterocycles. The van der Waals surface area contributed by atoms with Gasteiger partial charge >= 0.3 is 0 Å². The highest BCUT2D eigenvalue weighted by Crippen LogP contribution is 2.13. The summed E-state index contributed by atoms with van der Waals surface area (Å²) in [6.45, 7) is 1.91. The molecular weight excluding hydrogens is 280 g/mol. The van der Waals surface area contributed by atoms with Crippen LogP contribution in [0.15, 0.2) is 24.3 Å². The van der Waals surface area contributed by atoms with Crippen LogP contribution in [0.5, 0.6) is 0 Å². The number of methoxy groups -OCH3 is 1. The fraction of sp³-hybridized carbons (Fsp3) is 0.538. The first kappa shape index (κ1) is 16.9. The van der Waals surface area contributed by atoms with Gasteiger partial charge in [-0.25, -0.2) is 13.1 Å². The molecule has 0 bridgehead atoms. The molecule has 1 aromatic rings. The van der Waals surface area contributed by atoms with E-state index in [-0.39, 0.29) is 5.75 Å². The summed E-state index contributed by atoms with van der Waals surface area (Å²) in [6, 6.07) is 6.94. The molecule has 0 aliphatic rings. The maximum Gasteiger partial charge on any atom is 0.215 e. The normalized spacial score (nSPS) is 11.7. The zero-order valence-corrected chi connectivity index (χ0v) is 12.5. The Morgan fingerprint density at radius 2 is 1.95 bits per heavy atom. The number of rotatable bonds is 10. The van der Waals surface area contributed by atoms with E-state index < -0.39 is 10.0 Å². The van der Waals surface area contributed by atoms with Crippen LogP contribution < -0.4 is 10.5 Å². The van der Waals surface area contributed by atoms with E-state index in [0.717, 1.165) is 0 Å². The number of benzene rings is 1. The number of para-hydroxylation sites is 1. The lowest BCUT2D eigenvalue weighted by Crippen LogP contribution is -2.27. The van der Waals surface area contributed by atoms with Crippen LogP contribution in [-0.4, -0.2) is 41.9 Å². The van der Waals surface area contributed by atoms with Gasteiger partial charge in [0.05, 0.1) is 19.0 Å². The maximum atomic E-state index is 11.9. The second kappa shape index (κ2) is 8.91. The lowest BCUT2D eigenvalue weighted by atomic mass is 10.2. The third kappa shape index (κ3) is 6.85. The molecule has 0 saturated carbocycles. The third-order valence-corrected chi connectivity index (χ3v) is 3.95. The van der Waals surface area contributed by atoms with E-state index in [1.165, 1.54) is 0 Å². The first-order valence-corrected chi connectivity index (χ1v) is 8.08. The van der Waals surface area contributed by atoms with Crippen molar-refractivity contribution in [2.75, 3.05) is 39.2 Å². The molecular formula is C13H22N2O4S. The van der Waals surface area contributed by atoms with E-state index in [0.29, 0.717) is 44.0 Å². The molecule has 3 N–H and O–H groups in total. The van der Waals surface area contributed by atoms with Crippen molar-refractivity contribution in [1.82, 2.24) is 4.72 Å². The lowest BCUT2D eigenvalue weighted by Gasteiger charge is -2.09. The molecule has 0 aliphatic carbocycles. The van der Waals surface area contributed by atoms with E-state index in [2.05, 4.69) is 4.72 Å². The van der Waals surface area contributed by atoms with E-state index in [1.54, 1.807) is 31.4 Å². The Bertz CT molecular complexity index is 491. The number of nitrogens with one attached hydrogen (secondary N) is 1. The van der Waals surface area contributed by atoms with Crippen LogP contribution >= 0.6 is 0 Å². The number of nitrogens with two attached hydrogens (primary N) is 1. The van der Waals surface area contributed by atoms with E-state index in [9.17, 15) is 8.42 Å². The molecule has 0 aliphatic heterocycles. The van der Waals surface area contributed by atoms with Crippen molar-refractivity contribution in [2.24, 2.45) is 0 Å². The Balaban J connectivity index is 2.27. The minimum atomic E-state index is -3.36. The summed E-state index contributed by atoms with van der Waals surface area (Å²) < 4.78 is 36.3. The van der Waals surface area contributed by atoms with Crippen molar-refractivity contribution in [3.63, 3.8) is 0 Å². The molecule has 7 heteroatoms. The van der Waals surface area contributed by atoms with Crippen molar-refractivity contribution >= 4 is 15.7 Å². The van der Waals surface area contributed by atoms with Gasteiger partial charge in [0.1, 0.15) is 0 Å². The summed E-state index contributed by atoms with van der Waals surface area (Å²) >= 11 is 0. The Labute approximate surface area is 120 Å². The molecule has 114 valence electrons. The van der Waals surface area contributed by atoms with Gasteiger partial charge in [0.15, 0.2) is 0 Å². The Morgan fingerprint density at radius 1 is 1.20 bits per heavy atom. The first-order valence-electron chi connectivity index (χ1n) is 6.42. The smallest absolute Gasteiger partial charge is 0.215 e. The number of ether oxygens (including phenoxy) is 2. The Hall–Kier alpha value is -1.15. The fourth-order valence-electron chi connectivity index (χ4n) is 1.57. The number of nitrogen functional groups attached to an aromatic ring is 1. The molecule has 0 unspecified atom stereocenters. The predicted octanol–water partition coefficient (Wildman–Crippen LogP) is 0.741. The number of anilines is 1. The topological polar surface area (TPSA) is 90.6 Å². The highest BCUT2D eigenvalue weighted by atomic mass is 32.2. The van der Waals surface area contributed by atoms with Crippen molar-refractivity contribution < 1.29 is 17.9 Å². The number of sulfonamides is 1. The van der Waals surface area contributed by atoms with Crippen molar-refractivity contribution in [2.45, 2.75) is 12.2 Å². The van der Waals surface area contributed by atoms with Gasteiger partial charge in [-0.2, -0.15) is 0 Å². The monoisotopic (exact) mass is 302 g/mol. The van der Waals surface area contributed by atoms with Crippen molar-refractivity contribution in [3.05, 3.63) is 29.8 Å². The Kier molecular flexibility index (Phi) is 7.53. The zero-order chi connectivity index (χ0) is 14.8. The second-order valence-corrected chi connectivity index (χ2v) is 6.12. The minimum Gasteiger partial charge on any atom is -0.398 e. The molecule has 0 spiro atoms. The van der Waals surface area contributed by atoms with Gasteiger partial charge in [0.2, 0.25) is 10.0 Å². The quantitative estimate of drug-likeness (QED) is 0.491. The molecule has 0 aromatic heterocycles. The van der Waals surface area contributed by atoms with Crippen molar-refractivity contribution in [1.29, 1.82) is 0 Å². The first-order chi connectivity index (χ1) is 9.55. The van der Waals surface area contributed by atoms with Crippen LogP contribution in [0.4, 0.5) is 5.69 Å². The van der Waals surface area contributed by atoms with E-state index >= 15 is 0 Å². The Morgan fingerprint density at radius 3 is 2.65 bits per heavy atom. The van der Waals surface area contributed by atoms with Crippen LogP contribution in [0.3, 0.4) is 0 Å². The molecule has 0 radical (unpaired) electrons. The highest BCUT2D eigenvalue weighted by Gasteiger charge is 2.12. The molecule has 0 amide bonds. The number of hydrogen-bond acceptors (Lipinski definition) is 5. The molecule has 0 atom stereocenters. The van der Waals surface area contributed by atoms with Gasteiger partial charge < -0.3 is 15.2 Å². The lowest BCUT2D eigenvalue weighted by molar-refractivity contribution is 0.0699. The summed E-state index contributed by atoms with van der Waals surface area (Å²) in [4.78, 5) is 0. The van der Waals surface area contributed by atoms with Crippen LogP contribution in [0, 0.1) is 0 Å². The predicted molar refractivity (Wildman–Crippen MR) is 78.8 cm³/mol. The summed E-state index contributed by atoms with van der Waals surface area (Å²) in [5.74, 6) is -0.107. The fourth-order valence-corrected chi connectivity index (χ4v) is 2.80. The van der Waals surface area contributed by atoms with Gasteiger partial charge in [0, 0.05) is 25.9 Å². The van der Waals surface area contributed by atoms with Gasteiger partial charge in [-0.3, -0.25) is 0 Å². The van der Waals surface area contributed by atoms with Gasteiger partial charge in [-0.05, 0) is 18.1 Å². The standard InChI is InChI=1S/C13H22N2O4S/c1-18-9-10-19-8-4-7-15-20(16,17)11-12-5-2-3-6-13(12)14/h2-3,5-6,15H,4,7-11,14H2,1H3. The van der Waals surface area contributed by atoms with Gasteiger partial charge in [-0.1, -0.05) is 18.2 Å². The van der Waals surface area contributed by atoms with E-state index in [4.69, 9.17) is 15.2 Å². The highest BCUT2D eigenvalue weighted by molar-refractivity contribution is 7.88. The maximum absolute atomic E-state index is 11.9. The summed E-state index contributed by atoms with van der Waals surface area (Å²) in [6.07, 6.45) is 0.618. The molecule has 6 nitrogen and oxygen atoms in total. The van der Waals surface area contributed by atoms with Crippen LogP contribution in [-0.2, 0) is 25.2 Å². The van der Waals surface area contributed by atoms with Crippen LogP contribution in [0.25, 0.3) is 0 Å². The summed E-state index contributed by atoms with van der Waals surface area (Å²) in [5.41, 5.74) is 6.82. The second-order valence-electron chi connectivity index (χ2n) is 4.31. The molecule has 1 rings (SSSR count). The molecule has 0 heterocycles. The molecule has 20 heavy (non-hydrogen) atoms. The number of hydrogen-bond donors (Lipinski definition) is 2. The average Bonchev–Trinajstić information content (AvgIpc) is 2.40. The average molecular weight is 302 g/mol. The molecule has 0 fully saturated rings. The minimum absolute atomic E-state index is 0.107. The van der Waals surface area contributed by atoms with Crippen LogP contribution in [0.1, 0.15) is 12.0 Å². The van der Waals surface area contributed by atoms with Crippen molar-refractivity contribution in [3.8, 4) is 0 Å². The summed E-state index contributed by atoms with van der Waals surface area (Å²) in [5, 5.41) is 0. The van der Waals surface area contributed by atoms with Gasteiger partial charge in [0.25, 0.3) is 0 Å². The SMILES string of the molecule is COCCOCCCNS(=O)(=O)Cc1ccccc1N. The van der Waals surface area contributed by atoms with E-state index in [1.807, 2.05) is 0 Å². The van der Waals surface area contributed by atoms with Gasteiger partial charge in [-0.15, -0.1) is 0 Å². The molecule has 1 aromatic carbocycles.